The molecule has 1 aliphatic heterocycles. The third-order valence-corrected chi connectivity index (χ3v) is 4.93. The van der Waals surface area contributed by atoms with Gasteiger partial charge in [-0.05, 0) is 36.8 Å². The summed E-state index contributed by atoms with van der Waals surface area (Å²) in [6, 6.07) is 15.7. The summed E-state index contributed by atoms with van der Waals surface area (Å²) in [7, 11) is 0. The van der Waals surface area contributed by atoms with Crippen LogP contribution in [0.4, 0.5) is 5.69 Å². The van der Waals surface area contributed by atoms with E-state index in [1.165, 1.54) is 16.2 Å². The van der Waals surface area contributed by atoms with Crippen LogP contribution < -0.4 is 14.5 Å². The number of nitrogens with zero attached hydrogens (tertiary/aromatic N) is 1. The van der Waals surface area contributed by atoms with Crippen LogP contribution in [0.25, 0.3) is 0 Å². The molecule has 0 amide bonds. The van der Waals surface area contributed by atoms with Crippen LogP contribution in [0.3, 0.4) is 0 Å². The topological polar surface area (TPSA) is 37.1 Å². The molecule has 0 saturated carbocycles. The largest absolute Gasteiger partial charge is 0.491 e. The van der Waals surface area contributed by atoms with E-state index in [0.717, 1.165) is 43.5 Å². The number of aliphatic hydroxyl groups excluding tert-OH is 1. The van der Waals surface area contributed by atoms with Gasteiger partial charge >= 0.3 is 0 Å². The minimum absolute atomic E-state index is 0.338. The molecule has 2 aromatic rings. The zero-order valence-corrected chi connectivity index (χ0v) is 15.4. The lowest BCUT2D eigenvalue weighted by molar-refractivity contribution is -0.903. The summed E-state index contributed by atoms with van der Waals surface area (Å²) < 4.78 is 5.64. The Morgan fingerprint density at radius 2 is 1.88 bits per heavy atom. The van der Waals surface area contributed by atoms with Gasteiger partial charge in [-0.2, -0.15) is 0 Å². The fourth-order valence-corrected chi connectivity index (χ4v) is 3.46. The van der Waals surface area contributed by atoms with Crippen LogP contribution >= 0.6 is 11.6 Å². The normalized spacial score (nSPS) is 16.7. The van der Waals surface area contributed by atoms with Crippen LogP contribution in [0.2, 0.25) is 5.02 Å². The fraction of sp³-hybridized carbons (Fsp3) is 0.400. The van der Waals surface area contributed by atoms with Gasteiger partial charge in [-0.1, -0.05) is 35.9 Å². The second-order valence-corrected chi connectivity index (χ2v) is 7.09. The van der Waals surface area contributed by atoms with E-state index in [0.29, 0.717) is 6.61 Å². The highest BCUT2D eigenvalue weighted by molar-refractivity contribution is 6.30. The summed E-state index contributed by atoms with van der Waals surface area (Å²) in [4.78, 5) is 3.80. The van der Waals surface area contributed by atoms with Gasteiger partial charge in [-0.3, -0.25) is 0 Å². The molecule has 2 N–H and O–H groups in total. The Morgan fingerprint density at radius 3 is 2.60 bits per heavy atom. The second-order valence-electron chi connectivity index (χ2n) is 6.65. The fourth-order valence-electron chi connectivity index (χ4n) is 3.29. The van der Waals surface area contributed by atoms with Crippen LogP contribution in [0.15, 0.2) is 48.5 Å². The molecule has 5 heteroatoms. The van der Waals surface area contributed by atoms with E-state index in [4.69, 9.17) is 16.3 Å². The number of hydrogen-bond donors (Lipinski definition) is 2. The van der Waals surface area contributed by atoms with Crippen LogP contribution in [0, 0.1) is 6.92 Å². The number of benzene rings is 2. The third-order valence-electron chi connectivity index (χ3n) is 4.69. The molecule has 1 fully saturated rings. The van der Waals surface area contributed by atoms with Gasteiger partial charge in [0, 0.05) is 10.7 Å². The Kier molecular flexibility index (Phi) is 6.19. The van der Waals surface area contributed by atoms with Crippen molar-refractivity contribution in [1.29, 1.82) is 0 Å². The lowest BCUT2D eigenvalue weighted by Gasteiger charge is -2.35. The Morgan fingerprint density at radius 1 is 1.16 bits per heavy atom. The van der Waals surface area contributed by atoms with Crippen molar-refractivity contribution in [2.24, 2.45) is 0 Å². The van der Waals surface area contributed by atoms with Crippen LogP contribution in [0.5, 0.6) is 5.75 Å². The number of rotatable bonds is 6. The van der Waals surface area contributed by atoms with Crippen LogP contribution in [0.1, 0.15) is 5.56 Å². The van der Waals surface area contributed by atoms with E-state index >= 15 is 0 Å². The zero-order valence-electron chi connectivity index (χ0n) is 14.6. The molecule has 0 aliphatic carbocycles. The van der Waals surface area contributed by atoms with Crippen molar-refractivity contribution < 1.29 is 14.7 Å². The zero-order chi connectivity index (χ0) is 17.6. The number of para-hydroxylation sites is 1. The van der Waals surface area contributed by atoms with Gasteiger partial charge in [0.05, 0.1) is 26.2 Å². The quantitative estimate of drug-likeness (QED) is 0.823. The van der Waals surface area contributed by atoms with Gasteiger partial charge in [-0.15, -0.1) is 0 Å². The number of aryl methyl sites for hydroxylation is 1. The van der Waals surface area contributed by atoms with Gasteiger partial charge in [0.1, 0.15) is 25.0 Å². The van der Waals surface area contributed by atoms with Crippen molar-refractivity contribution in [2.75, 3.05) is 44.2 Å². The number of aliphatic hydroxyl groups is 1. The minimum Gasteiger partial charge on any atom is -0.491 e. The second kappa shape index (κ2) is 8.56. The molecule has 4 nitrogen and oxygen atoms in total. The highest BCUT2D eigenvalue weighted by Crippen LogP contribution is 2.24. The Hall–Kier alpha value is -1.75. The standard InChI is InChI=1S/C20H25ClN2O2/c1-16-7-8-17(21)13-20(16)23-11-9-22(10-12-23)14-18(24)15-25-19-5-3-2-4-6-19/h2-8,13,18,24H,9-12,14-15H2,1H3/p+1/t18-/m0/s1. The van der Waals surface area contributed by atoms with Gasteiger partial charge in [0.25, 0.3) is 0 Å². The molecule has 25 heavy (non-hydrogen) atoms. The number of ether oxygens (including phenoxy) is 1. The Labute approximate surface area is 154 Å². The molecule has 2 aromatic carbocycles. The van der Waals surface area contributed by atoms with Crippen molar-refractivity contribution in [3.63, 3.8) is 0 Å². The highest BCUT2D eigenvalue weighted by Gasteiger charge is 2.23. The van der Waals surface area contributed by atoms with Gasteiger partial charge in [0.2, 0.25) is 0 Å². The van der Waals surface area contributed by atoms with Crippen molar-refractivity contribution >= 4 is 17.3 Å². The summed E-state index contributed by atoms with van der Waals surface area (Å²) >= 11 is 6.14. The van der Waals surface area contributed by atoms with E-state index in [2.05, 4.69) is 17.9 Å². The summed E-state index contributed by atoms with van der Waals surface area (Å²) in [5.74, 6) is 0.804. The molecule has 3 rings (SSSR count). The molecular formula is C20H26ClN2O2+. The molecule has 0 bridgehead atoms. The van der Waals surface area contributed by atoms with Crippen molar-refractivity contribution in [3.05, 3.63) is 59.1 Å². The summed E-state index contributed by atoms with van der Waals surface area (Å²) in [5.41, 5.74) is 2.48. The van der Waals surface area contributed by atoms with Crippen LogP contribution in [-0.4, -0.2) is 50.5 Å². The predicted octanol–water partition coefficient (Wildman–Crippen LogP) is 1.79. The van der Waals surface area contributed by atoms with Crippen molar-refractivity contribution in [2.45, 2.75) is 13.0 Å². The molecule has 1 aliphatic rings. The molecule has 0 radical (unpaired) electrons. The summed E-state index contributed by atoms with van der Waals surface area (Å²) in [5, 5.41) is 11.0. The maximum atomic E-state index is 10.2. The summed E-state index contributed by atoms with van der Waals surface area (Å²) in [6.45, 7) is 7.14. The predicted molar refractivity (Wildman–Crippen MR) is 102 cm³/mol. The lowest BCUT2D eigenvalue weighted by atomic mass is 10.1. The summed E-state index contributed by atoms with van der Waals surface area (Å²) in [6.07, 6.45) is -0.449. The first-order valence-electron chi connectivity index (χ1n) is 8.82. The van der Waals surface area contributed by atoms with Gasteiger partial charge < -0.3 is 19.6 Å². The molecule has 1 atom stereocenters. The van der Waals surface area contributed by atoms with E-state index in [9.17, 15) is 5.11 Å². The molecule has 134 valence electrons. The number of halogens is 1. The number of anilines is 1. The maximum absolute atomic E-state index is 10.2. The lowest BCUT2D eigenvalue weighted by Crippen LogP contribution is -3.16. The first-order valence-corrected chi connectivity index (χ1v) is 9.20. The number of piperazine rings is 1. The Bertz CT molecular complexity index is 673. The minimum atomic E-state index is -0.449. The Balaban J connectivity index is 1.45. The number of nitrogens with one attached hydrogen (secondary N) is 1. The first-order chi connectivity index (χ1) is 12.1. The SMILES string of the molecule is Cc1ccc(Cl)cc1N1CC[NH+](C[C@H](O)COc2ccccc2)CC1. The van der Waals surface area contributed by atoms with E-state index in [-0.39, 0.29) is 0 Å². The third kappa shape index (κ3) is 5.11. The first kappa shape index (κ1) is 18.1. The highest BCUT2D eigenvalue weighted by atomic mass is 35.5. The van der Waals surface area contributed by atoms with E-state index in [1.807, 2.05) is 42.5 Å². The maximum Gasteiger partial charge on any atom is 0.137 e. The molecule has 1 saturated heterocycles. The van der Waals surface area contributed by atoms with Crippen molar-refractivity contribution in [3.8, 4) is 5.75 Å². The average molecular weight is 362 g/mol. The number of quaternary nitrogens is 1. The molecule has 0 unspecified atom stereocenters. The van der Waals surface area contributed by atoms with Crippen LogP contribution in [-0.2, 0) is 0 Å². The molecule has 0 spiro atoms. The van der Waals surface area contributed by atoms with E-state index in [1.54, 1.807) is 0 Å². The van der Waals surface area contributed by atoms with Gasteiger partial charge in [-0.25, -0.2) is 0 Å². The molecular weight excluding hydrogens is 336 g/mol. The monoisotopic (exact) mass is 361 g/mol. The molecule has 0 aromatic heterocycles. The molecule has 1 heterocycles. The smallest absolute Gasteiger partial charge is 0.137 e. The average Bonchev–Trinajstić information content (AvgIpc) is 2.64. The van der Waals surface area contributed by atoms with Crippen molar-refractivity contribution in [1.82, 2.24) is 0 Å². The van der Waals surface area contributed by atoms with E-state index < -0.39 is 6.10 Å². The number of hydrogen-bond acceptors (Lipinski definition) is 3. The van der Waals surface area contributed by atoms with Gasteiger partial charge in [0.15, 0.2) is 0 Å².